The Balaban J connectivity index is 2.10. The van der Waals surface area contributed by atoms with Gasteiger partial charge in [0.25, 0.3) is 0 Å². The summed E-state index contributed by atoms with van der Waals surface area (Å²) in [7, 11) is 0. The minimum Gasteiger partial charge on any atom is -0.379 e. The molecular weight excluding hydrogens is 202 g/mol. The second-order valence-electron chi connectivity index (χ2n) is 4.87. The molecule has 2 N–H and O–H groups in total. The molecule has 3 nitrogen and oxygen atoms in total. The molecule has 0 aliphatic heterocycles. The predicted molar refractivity (Wildman–Crippen MR) is 66.5 cm³/mol. The molecule has 1 saturated carbocycles. The van der Waals surface area contributed by atoms with Gasteiger partial charge in [-0.1, -0.05) is 19.3 Å². The summed E-state index contributed by atoms with van der Waals surface area (Å²) in [4.78, 5) is 0. The van der Waals surface area contributed by atoms with Crippen molar-refractivity contribution >= 4 is 0 Å². The Kier molecular flexibility index (Phi) is 7.01. The standard InChI is InChI=1S/C13H27NO2/c1-3-15-9-11(2)16-10-13(14)12-7-5-4-6-8-12/h11-13H,3-10,14H2,1-2H3. The Labute approximate surface area is 99.7 Å². The fourth-order valence-corrected chi connectivity index (χ4v) is 2.31. The Morgan fingerprint density at radius 2 is 1.88 bits per heavy atom. The quantitative estimate of drug-likeness (QED) is 0.728. The molecule has 3 heteroatoms. The molecule has 1 aliphatic rings. The highest BCUT2D eigenvalue weighted by Gasteiger charge is 2.21. The van der Waals surface area contributed by atoms with Crippen LogP contribution in [0.15, 0.2) is 0 Å². The molecule has 0 radical (unpaired) electrons. The normalized spacial score (nSPS) is 21.9. The number of nitrogens with two attached hydrogens (primary N) is 1. The van der Waals surface area contributed by atoms with E-state index < -0.39 is 0 Å². The Morgan fingerprint density at radius 3 is 2.50 bits per heavy atom. The molecule has 0 aromatic heterocycles. The molecular formula is C13H27NO2. The third-order valence-electron chi connectivity index (χ3n) is 3.39. The monoisotopic (exact) mass is 229 g/mol. The van der Waals surface area contributed by atoms with Crippen LogP contribution in [0.5, 0.6) is 0 Å². The van der Waals surface area contributed by atoms with Gasteiger partial charge in [0.05, 0.1) is 19.3 Å². The summed E-state index contributed by atoms with van der Waals surface area (Å²) in [6.07, 6.45) is 6.79. The first-order valence-electron chi connectivity index (χ1n) is 6.69. The maximum absolute atomic E-state index is 6.16. The van der Waals surface area contributed by atoms with Gasteiger partial charge in [-0.25, -0.2) is 0 Å². The van der Waals surface area contributed by atoms with Gasteiger partial charge >= 0.3 is 0 Å². The minimum atomic E-state index is 0.162. The van der Waals surface area contributed by atoms with Crippen LogP contribution in [0.25, 0.3) is 0 Å². The molecule has 0 heterocycles. The molecule has 0 saturated heterocycles. The predicted octanol–water partition coefficient (Wildman–Crippen LogP) is 2.34. The molecule has 1 aliphatic carbocycles. The molecule has 0 spiro atoms. The van der Waals surface area contributed by atoms with Crippen LogP contribution >= 0.6 is 0 Å². The van der Waals surface area contributed by atoms with Crippen molar-refractivity contribution in [3.8, 4) is 0 Å². The van der Waals surface area contributed by atoms with E-state index in [0.717, 1.165) is 6.61 Å². The van der Waals surface area contributed by atoms with Gasteiger partial charge in [-0.2, -0.15) is 0 Å². The van der Waals surface area contributed by atoms with Crippen molar-refractivity contribution in [2.75, 3.05) is 19.8 Å². The second-order valence-corrected chi connectivity index (χ2v) is 4.87. The first-order valence-corrected chi connectivity index (χ1v) is 6.69. The van der Waals surface area contributed by atoms with E-state index in [1.807, 2.05) is 13.8 Å². The van der Waals surface area contributed by atoms with Crippen molar-refractivity contribution in [3.05, 3.63) is 0 Å². The molecule has 0 aromatic rings. The van der Waals surface area contributed by atoms with E-state index in [2.05, 4.69) is 0 Å². The maximum Gasteiger partial charge on any atom is 0.0781 e. The van der Waals surface area contributed by atoms with E-state index in [9.17, 15) is 0 Å². The fraction of sp³-hybridized carbons (Fsp3) is 1.00. The largest absolute Gasteiger partial charge is 0.379 e. The number of rotatable bonds is 7. The summed E-state index contributed by atoms with van der Waals surface area (Å²) in [6.45, 7) is 6.15. The smallest absolute Gasteiger partial charge is 0.0781 e. The van der Waals surface area contributed by atoms with Crippen LogP contribution in [0, 0.1) is 5.92 Å². The van der Waals surface area contributed by atoms with E-state index in [1.54, 1.807) is 0 Å². The zero-order valence-corrected chi connectivity index (χ0v) is 10.8. The van der Waals surface area contributed by atoms with Gasteiger partial charge in [0.1, 0.15) is 0 Å². The average molecular weight is 229 g/mol. The lowest BCUT2D eigenvalue weighted by molar-refractivity contribution is -0.0146. The molecule has 1 rings (SSSR count). The van der Waals surface area contributed by atoms with Crippen LogP contribution in [0.2, 0.25) is 0 Å². The lowest BCUT2D eigenvalue weighted by Gasteiger charge is -2.28. The van der Waals surface area contributed by atoms with E-state index in [0.29, 0.717) is 19.1 Å². The Bertz CT molecular complexity index is 169. The van der Waals surface area contributed by atoms with Crippen molar-refractivity contribution in [2.24, 2.45) is 11.7 Å². The minimum absolute atomic E-state index is 0.162. The lowest BCUT2D eigenvalue weighted by atomic mass is 9.84. The maximum atomic E-state index is 6.16. The molecule has 2 atom stereocenters. The van der Waals surface area contributed by atoms with Gasteiger partial charge < -0.3 is 15.2 Å². The third kappa shape index (κ3) is 5.28. The van der Waals surface area contributed by atoms with Crippen molar-refractivity contribution in [1.29, 1.82) is 0 Å². The van der Waals surface area contributed by atoms with Crippen LogP contribution in [0.4, 0.5) is 0 Å². The highest BCUT2D eigenvalue weighted by molar-refractivity contribution is 4.76. The SMILES string of the molecule is CCOCC(C)OCC(N)C1CCCCC1. The van der Waals surface area contributed by atoms with Crippen molar-refractivity contribution < 1.29 is 9.47 Å². The number of hydrogen-bond acceptors (Lipinski definition) is 3. The Morgan fingerprint density at radius 1 is 1.19 bits per heavy atom. The van der Waals surface area contributed by atoms with Gasteiger partial charge in [0.2, 0.25) is 0 Å². The summed E-state index contributed by atoms with van der Waals surface area (Å²) < 4.78 is 11.0. The van der Waals surface area contributed by atoms with Gasteiger partial charge in [-0.3, -0.25) is 0 Å². The summed E-state index contributed by atoms with van der Waals surface area (Å²) in [5, 5.41) is 0. The third-order valence-corrected chi connectivity index (χ3v) is 3.39. The van der Waals surface area contributed by atoms with Gasteiger partial charge in [-0.15, -0.1) is 0 Å². The molecule has 96 valence electrons. The van der Waals surface area contributed by atoms with Crippen LogP contribution < -0.4 is 5.73 Å². The summed E-state index contributed by atoms with van der Waals surface area (Å²) in [5.41, 5.74) is 6.16. The van der Waals surface area contributed by atoms with Gasteiger partial charge in [0.15, 0.2) is 0 Å². The van der Waals surface area contributed by atoms with E-state index in [1.165, 1.54) is 32.1 Å². The summed E-state index contributed by atoms with van der Waals surface area (Å²) in [5.74, 6) is 0.674. The number of ether oxygens (including phenoxy) is 2. The molecule has 0 amide bonds. The topological polar surface area (TPSA) is 44.5 Å². The zero-order valence-electron chi connectivity index (χ0n) is 10.8. The van der Waals surface area contributed by atoms with Crippen molar-refractivity contribution in [1.82, 2.24) is 0 Å². The van der Waals surface area contributed by atoms with E-state index in [4.69, 9.17) is 15.2 Å². The first kappa shape index (κ1) is 13.9. The average Bonchev–Trinajstić information content (AvgIpc) is 2.34. The van der Waals surface area contributed by atoms with Crippen LogP contribution in [0.1, 0.15) is 46.0 Å². The highest BCUT2D eigenvalue weighted by atomic mass is 16.5. The second kappa shape index (κ2) is 8.04. The molecule has 1 fully saturated rings. The van der Waals surface area contributed by atoms with E-state index in [-0.39, 0.29) is 12.1 Å². The number of hydrogen-bond donors (Lipinski definition) is 1. The van der Waals surface area contributed by atoms with Gasteiger partial charge in [-0.05, 0) is 32.6 Å². The molecule has 2 unspecified atom stereocenters. The fourth-order valence-electron chi connectivity index (χ4n) is 2.31. The lowest BCUT2D eigenvalue weighted by Crippen LogP contribution is -2.37. The van der Waals surface area contributed by atoms with Gasteiger partial charge in [0, 0.05) is 12.6 Å². The summed E-state index contributed by atoms with van der Waals surface area (Å²) in [6, 6.07) is 0.212. The van der Waals surface area contributed by atoms with E-state index >= 15 is 0 Å². The molecule has 0 aromatic carbocycles. The zero-order chi connectivity index (χ0) is 11.8. The van der Waals surface area contributed by atoms with Crippen molar-refractivity contribution in [2.45, 2.75) is 58.1 Å². The molecule has 16 heavy (non-hydrogen) atoms. The first-order chi connectivity index (χ1) is 7.74. The summed E-state index contributed by atoms with van der Waals surface area (Å²) >= 11 is 0. The Hall–Kier alpha value is -0.120. The highest BCUT2D eigenvalue weighted by Crippen LogP contribution is 2.25. The van der Waals surface area contributed by atoms with Crippen molar-refractivity contribution in [3.63, 3.8) is 0 Å². The molecule has 0 bridgehead atoms. The van der Waals surface area contributed by atoms with Crippen LogP contribution in [-0.4, -0.2) is 32.0 Å². The van der Waals surface area contributed by atoms with Crippen LogP contribution in [0.3, 0.4) is 0 Å². The van der Waals surface area contributed by atoms with Crippen LogP contribution in [-0.2, 0) is 9.47 Å².